The van der Waals surface area contributed by atoms with Gasteiger partial charge in [-0.2, -0.15) is 17.6 Å². The van der Waals surface area contributed by atoms with Gasteiger partial charge in [-0.25, -0.2) is 9.07 Å². The van der Waals surface area contributed by atoms with Gasteiger partial charge in [-0.05, 0) is 37.0 Å². The number of carbonyl (C=O) groups excluding carboxylic acids is 2. The zero-order chi connectivity index (χ0) is 28.9. The average molecular weight is 568 g/mol. The molecule has 0 saturated heterocycles. The van der Waals surface area contributed by atoms with E-state index < -0.39 is 35.2 Å². The molecule has 1 fully saturated rings. The van der Waals surface area contributed by atoms with Crippen LogP contribution in [0, 0.1) is 11.7 Å². The molecule has 3 heterocycles. The molecule has 0 spiro atoms. The van der Waals surface area contributed by atoms with E-state index in [1.807, 2.05) is 0 Å². The molecule has 10 nitrogen and oxygen atoms in total. The van der Waals surface area contributed by atoms with E-state index in [-0.39, 0.29) is 54.8 Å². The monoisotopic (exact) mass is 567 g/mol. The SMILES string of the molecule is O=C(NCc1cncc(C(F)(F)F)c1)c1cn(CC(F)CCn2ccc(NC(=O)C3CCCC3)c(F)c2=O)nn1. The number of amides is 2. The molecular weight excluding hydrogens is 541 g/mol. The highest BCUT2D eigenvalue weighted by molar-refractivity contribution is 5.92. The van der Waals surface area contributed by atoms with Gasteiger partial charge in [-0.3, -0.25) is 19.4 Å². The molecule has 2 amide bonds. The number of anilines is 1. The predicted molar refractivity (Wildman–Crippen MR) is 131 cm³/mol. The lowest BCUT2D eigenvalue weighted by Gasteiger charge is -2.13. The number of hydrogen-bond acceptors (Lipinski definition) is 6. The van der Waals surface area contributed by atoms with Crippen LogP contribution in [0.1, 0.15) is 53.7 Å². The lowest BCUT2D eigenvalue weighted by molar-refractivity contribution is -0.137. The number of nitrogens with zero attached hydrogens (tertiary/aromatic N) is 5. The molecule has 0 aromatic carbocycles. The van der Waals surface area contributed by atoms with Crippen LogP contribution in [-0.4, -0.2) is 42.5 Å². The number of rotatable bonds is 10. The van der Waals surface area contributed by atoms with Crippen molar-refractivity contribution in [2.45, 2.75) is 64.1 Å². The molecule has 0 radical (unpaired) electrons. The van der Waals surface area contributed by atoms with Gasteiger partial charge in [0.25, 0.3) is 11.5 Å². The predicted octanol–water partition coefficient (Wildman–Crippen LogP) is 3.48. The lowest BCUT2D eigenvalue weighted by Crippen LogP contribution is -2.28. The summed E-state index contributed by atoms with van der Waals surface area (Å²) in [6.45, 7) is -0.714. The zero-order valence-electron chi connectivity index (χ0n) is 21.1. The summed E-state index contributed by atoms with van der Waals surface area (Å²) >= 11 is 0. The summed E-state index contributed by atoms with van der Waals surface area (Å²) in [6.07, 6.45) is 1.29. The number of halogens is 5. The first-order valence-electron chi connectivity index (χ1n) is 12.5. The van der Waals surface area contributed by atoms with Gasteiger partial charge in [0.1, 0.15) is 6.17 Å². The van der Waals surface area contributed by atoms with E-state index in [9.17, 15) is 36.3 Å². The number of aryl methyl sites for hydroxylation is 1. The highest BCUT2D eigenvalue weighted by Crippen LogP contribution is 2.29. The van der Waals surface area contributed by atoms with Gasteiger partial charge in [0.15, 0.2) is 5.69 Å². The Morgan fingerprint density at radius 1 is 1.18 bits per heavy atom. The van der Waals surface area contributed by atoms with E-state index in [0.29, 0.717) is 6.20 Å². The summed E-state index contributed by atoms with van der Waals surface area (Å²) in [5.74, 6) is -2.39. The van der Waals surface area contributed by atoms with Crippen molar-refractivity contribution in [1.29, 1.82) is 0 Å². The molecule has 3 aromatic rings. The summed E-state index contributed by atoms with van der Waals surface area (Å²) in [7, 11) is 0. The van der Waals surface area contributed by atoms with Crippen molar-refractivity contribution in [1.82, 2.24) is 29.9 Å². The Morgan fingerprint density at radius 2 is 1.93 bits per heavy atom. The zero-order valence-corrected chi connectivity index (χ0v) is 21.1. The molecule has 15 heteroatoms. The largest absolute Gasteiger partial charge is 0.417 e. The van der Waals surface area contributed by atoms with Crippen LogP contribution in [0.3, 0.4) is 0 Å². The molecular formula is C25H26F5N7O3. The van der Waals surface area contributed by atoms with Crippen molar-refractivity contribution >= 4 is 17.5 Å². The number of carbonyl (C=O) groups is 2. The van der Waals surface area contributed by atoms with Crippen LogP contribution in [0.4, 0.5) is 27.6 Å². The van der Waals surface area contributed by atoms with Crippen molar-refractivity contribution < 1.29 is 31.5 Å². The molecule has 1 aliphatic rings. The molecule has 1 saturated carbocycles. The van der Waals surface area contributed by atoms with Crippen LogP contribution in [0.5, 0.6) is 0 Å². The second kappa shape index (κ2) is 12.3. The van der Waals surface area contributed by atoms with Crippen molar-refractivity contribution in [2.24, 2.45) is 5.92 Å². The third-order valence-electron chi connectivity index (χ3n) is 6.51. The van der Waals surface area contributed by atoms with Gasteiger partial charge in [-0.15, -0.1) is 5.10 Å². The third-order valence-corrected chi connectivity index (χ3v) is 6.51. The van der Waals surface area contributed by atoms with Crippen LogP contribution in [0.2, 0.25) is 0 Å². The Kier molecular flexibility index (Phi) is 8.90. The Hall–Kier alpha value is -4.17. The first kappa shape index (κ1) is 28.8. The van der Waals surface area contributed by atoms with Crippen molar-refractivity contribution in [3.05, 3.63) is 69.9 Å². The van der Waals surface area contributed by atoms with Crippen LogP contribution in [0.15, 0.2) is 41.7 Å². The average Bonchev–Trinajstić information content (AvgIpc) is 3.62. The smallest absolute Gasteiger partial charge is 0.346 e. The van der Waals surface area contributed by atoms with Crippen molar-refractivity contribution in [3.63, 3.8) is 0 Å². The molecule has 0 bridgehead atoms. The van der Waals surface area contributed by atoms with Gasteiger partial charge < -0.3 is 15.2 Å². The molecule has 1 unspecified atom stereocenters. The Morgan fingerprint density at radius 3 is 2.65 bits per heavy atom. The molecule has 214 valence electrons. The fraction of sp³-hybridized carbons (Fsp3) is 0.440. The molecule has 40 heavy (non-hydrogen) atoms. The normalized spacial score (nSPS) is 14.7. The maximum absolute atomic E-state index is 14.6. The highest BCUT2D eigenvalue weighted by atomic mass is 19.4. The molecule has 1 aliphatic carbocycles. The first-order chi connectivity index (χ1) is 19.0. The number of hydrogen-bond donors (Lipinski definition) is 2. The minimum absolute atomic E-state index is 0.121. The molecule has 2 N–H and O–H groups in total. The van der Waals surface area contributed by atoms with E-state index in [4.69, 9.17) is 0 Å². The maximum Gasteiger partial charge on any atom is 0.417 e. The maximum atomic E-state index is 14.6. The van der Waals surface area contributed by atoms with E-state index in [1.165, 1.54) is 24.7 Å². The summed E-state index contributed by atoms with van der Waals surface area (Å²) in [5, 5.41) is 12.2. The quantitative estimate of drug-likeness (QED) is 0.362. The van der Waals surface area contributed by atoms with Crippen molar-refractivity contribution in [3.8, 4) is 0 Å². The van der Waals surface area contributed by atoms with Crippen LogP contribution >= 0.6 is 0 Å². The van der Waals surface area contributed by atoms with Gasteiger partial charge in [-0.1, -0.05) is 18.1 Å². The Labute approximate surface area is 224 Å². The van der Waals surface area contributed by atoms with Gasteiger partial charge >= 0.3 is 6.18 Å². The second-order valence-electron chi connectivity index (χ2n) is 9.49. The molecule has 3 aromatic heterocycles. The second-order valence-corrected chi connectivity index (χ2v) is 9.49. The standard InChI is InChI=1S/C25H26F5N7O3/c26-18(5-7-36-8-6-19(21(27)24(36)40)33-22(38)16-3-1-2-4-16)13-37-14-20(34-35-37)23(39)32-11-15-9-17(12-31-10-15)25(28,29)30/h6,8-10,12,14,16,18H,1-5,7,11,13H2,(H,32,39)(H,33,38). The van der Waals surface area contributed by atoms with E-state index in [0.717, 1.165) is 41.0 Å². The Balaban J connectivity index is 1.27. The van der Waals surface area contributed by atoms with Crippen LogP contribution in [0.25, 0.3) is 0 Å². The summed E-state index contributed by atoms with van der Waals surface area (Å²) in [5.41, 5.74) is -2.22. The number of pyridine rings is 2. The molecule has 4 rings (SSSR count). The van der Waals surface area contributed by atoms with E-state index in [1.54, 1.807) is 0 Å². The number of nitrogens with one attached hydrogen (secondary N) is 2. The topological polar surface area (TPSA) is 124 Å². The van der Waals surface area contributed by atoms with Crippen molar-refractivity contribution in [2.75, 3.05) is 5.32 Å². The fourth-order valence-electron chi connectivity index (χ4n) is 4.32. The highest BCUT2D eigenvalue weighted by Gasteiger charge is 2.31. The Bertz CT molecular complexity index is 1420. The molecule has 0 aliphatic heterocycles. The number of aromatic nitrogens is 5. The molecule has 1 atom stereocenters. The summed E-state index contributed by atoms with van der Waals surface area (Å²) in [4.78, 5) is 40.4. The van der Waals surface area contributed by atoms with Gasteiger partial charge in [0, 0.05) is 37.6 Å². The minimum Gasteiger partial charge on any atom is -0.346 e. The van der Waals surface area contributed by atoms with Crippen LogP contribution in [-0.2, 0) is 30.6 Å². The van der Waals surface area contributed by atoms with Gasteiger partial charge in [0.2, 0.25) is 11.7 Å². The number of alkyl halides is 4. The summed E-state index contributed by atoms with van der Waals surface area (Å²) < 4.78 is 69.6. The first-order valence-corrected chi connectivity index (χ1v) is 12.5. The summed E-state index contributed by atoms with van der Waals surface area (Å²) in [6, 6.07) is 2.11. The minimum atomic E-state index is -4.57. The third kappa shape index (κ3) is 7.27. The van der Waals surface area contributed by atoms with E-state index >= 15 is 0 Å². The lowest BCUT2D eigenvalue weighted by atomic mass is 10.1. The van der Waals surface area contributed by atoms with Gasteiger partial charge in [0.05, 0.1) is 24.0 Å². The van der Waals surface area contributed by atoms with E-state index in [2.05, 4.69) is 25.9 Å². The fourth-order valence-corrected chi connectivity index (χ4v) is 4.32. The van der Waals surface area contributed by atoms with Crippen LogP contribution < -0.4 is 16.2 Å².